The minimum Gasteiger partial charge on any atom is -0.292 e. The Morgan fingerprint density at radius 1 is 0.833 bits per heavy atom. The zero-order valence-corrected chi connectivity index (χ0v) is 16.4. The van der Waals surface area contributed by atoms with Gasteiger partial charge in [-0.2, -0.15) is 0 Å². The van der Waals surface area contributed by atoms with Gasteiger partial charge in [0.1, 0.15) is 11.6 Å². The fourth-order valence-electron chi connectivity index (χ4n) is 4.16. The predicted molar refractivity (Wildman–Crippen MR) is 119 cm³/mol. The summed E-state index contributed by atoms with van der Waals surface area (Å²) in [5.41, 5.74) is 4.96. The SMILES string of the molecule is O=C1C=C(C=Cc2ccccc2)CC(c2ccccc2)C1n1nnc2ccccc21. The number of nitrogens with zero attached hydrogens (tertiary/aromatic N) is 3. The Morgan fingerprint density at radius 2 is 1.53 bits per heavy atom. The molecule has 146 valence electrons. The number of para-hydroxylation sites is 1. The summed E-state index contributed by atoms with van der Waals surface area (Å²) in [5.74, 6) is 0.0442. The fraction of sp³-hybridized carbons (Fsp3) is 0.115. The van der Waals surface area contributed by atoms with Crippen LogP contribution in [0.4, 0.5) is 0 Å². The molecule has 0 radical (unpaired) electrons. The first-order valence-electron chi connectivity index (χ1n) is 10.1. The molecule has 0 spiro atoms. The van der Waals surface area contributed by atoms with E-state index in [1.807, 2.05) is 60.7 Å². The van der Waals surface area contributed by atoms with Gasteiger partial charge in [-0.15, -0.1) is 5.10 Å². The third-order valence-corrected chi connectivity index (χ3v) is 5.61. The van der Waals surface area contributed by atoms with E-state index in [9.17, 15) is 4.79 Å². The molecule has 0 saturated carbocycles. The summed E-state index contributed by atoms with van der Waals surface area (Å²) in [5, 5.41) is 8.64. The molecule has 0 amide bonds. The number of aromatic nitrogens is 3. The molecule has 4 aromatic rings. The third-order valence-electron chi connectivity index (χ3n) is 5.61. The maximum atomic E-state index is 13.3. The van der Waals surface area contributed by atoms with Crippen molar-refractivity contribution in [1.29, 1.82) is 0 Å². The number of allylic oxidation sites excluding steroid dienone is 3. The number of ketones is 1. The molecule has 1 aromatic heterocycles. The van der Waals surface area contributed by atoms with E-state index in [0.29, 0.717) is 0 Å². The van der Waals surface area contributed by atoms with Crippen molar-refractivity contribution >= 4 is 22.9 Å². The van der Waals surface area contributed by atoms with Crippen molar-refractivity contribution in [2.45, 2.75) is 18.4 Å². The summed E-state index contributed by atoms with van der Waals surface area (Å²) in [6.45, 7) is 0. The van der Waals surface area contributed by atoms with Gasteiger partial charge in [-0.05, 0) is 41.3 Å². The highest BCUT2D eigenvalue weighted by atomic mass is 16.1. The van der Waals surface area contributed by atoms with Crippen molar-refractivity contribution in [3.05, 3.63) is 114 Å². The van der Waals surface area contributed by atoms with E-state index in [-0.39, 0.29) is 11.7 Å². The van der Waals surface area contributed by atoms with Crippen LogP contribution in [0.3, 0.4) is 0 Å². The zero-order valence-electron chi connectivity index (χ0n) is 16.4. The van der Waals surface area contributed by atoms with Gasteiger partial charge in [0.05, 0.1) is 5.52 Å². The van der Waals surface area contributed by atoms with Crippen LogP contribution in [-0.2, 0) is 4.79 Å². The van der Waals surface area contributed by atoms with Crippen LogP contribution < -0.4 is 0 Å². The lowest BCUT2D eigenvalue weighted by Gasteiger charge is -2.30. The van der Waals surface area contributed by atoms with E-state index in [1.165, 1.54) is 0 Å². The number of carbonyl (C=O) groups excluding carboxylic acids is 1. The van der Waals surface area contributed by atoms with Crippen LogP contribution in [0.15, 0.2) is 103 Å². The Bertz CT molecular complexity index is 1240. The van der Waals surface area contributed by atoms with Gasteiger partial charge < -0.3 is 0 Å². The minimum atomic E-state index is -0.409. The smallest absolute Gasteiger partial charge is 0.181 e. The van der Waals surface area contributed by atoms with Crippen LogP contribution >= 0.6 is 0 Å². The summed E-state index contributed by atoms with van der Waals surface area (Å²) >= 11 is 0. The lowest BCUT2D eigenvalue weighted by molar-refractivity contribution is -0.118. The van der Waals surface area contributed by atoms with Crippen molar-refractivity contribution in [2.24, 2.45) is 0 Å². The summed E-state index contributed by atoms with van der Waals surface area (Å²) in [7, 11) is 0. The monoisotopic (exact) mass is 391 g/mol. The summed E-state index contributed by atoms with van der Waals surface area (Å²) in [6.07, 6.45) is 6.64. The molecule has 1 aliphatic carbocycles. The summed E-state index contributed by atoms with van der Waals surface area (Å²) < 4.78 is 1.80. The van der Waals surface area contributed by atoms with Gasteiger partial charge >= 0.3 is 0 Å². The standard InChI is InChI=1S/C26H21N3O/c30-25-18-20(16-15-19-9-3-1-4-10-19)17-22(21-11-5-2-6-12-21)26(25)29-24-14-8-7-13-23(24)27-28-29/h1-16,18,22,26H,17H2. The van der Waals surface area contributed by atoms with Crippen molar-refractivity contribution in [3.8, 4) is 0 Å². The Hall–Kier alpha value is -3.79. The third kappa shape index (κ3) is 3.48. The van der Waals surface area contributed by atoms with E-state index in [0.717, 1.165) is 34.2 Å². The Labute approximate surface area is 175 Å². The zero-order chi connectivity index (χ0) is 20.3. The van der Waals surface area contributed by atoms with Crippen LogP contribution in [0, 0.1) is 0 Å². The lowest BCUT2D eigenvalue weighted by atomic mass is 9.79. The van der Waals surface area contributed by atoms with Crippen LogP contribution in [0.2, 0.25) is 0 Å². The molecule has 0 bridgehead atoms. The molecule has 3 aromatic carbocycles. The first-order valence-corrected chi connectivity index (χ1v) is 10.1. The minimum absolute atomic E-state index is 0.00997. The Morgan fingerprint density at radius 3 is 2.33 bits per heavy atom. The molecule has 0 aliphatic heterocycles. The molecule has 5 rings (SSSR count). The van der Waals surface area contributed by atoms with Crippen LogP contribution in [0.1, 0.15) is 29.5 Å². The molecular weight excluding hydrogens is 370 g/mol. The van der Waals surface area contributed by atoms with Crippen molar-refractivity contribution in [3.63, 3.8) is 0 Å². The van der Waals surface area contributed by atoms with Crippen molar-refractivity contribution in [2.75, 3.05) is 0 Å². The first-order chi connectivity index (χ1) is 14.8. The normalized spacial score (nSPS) is 19.3. The molecule has 30 heavy (non-hydrogen) atoms. The van der Waals surface area contributed by atoms with Gasteiger partial charge in [-0.25, -0.2) is 4.68 Å². The molecule has 0 fully saturated rings. The molecule has 4 heteroatoms. The topological polar surface area (TPSA) is 47.8 Å². The van der Waals surface area contributed by atoms with Gasteiger partial charge in [-0.3, -0.25) is 4.79 Å². The Balaban J connectivity index is 1.56. The average Bonchev–Trinajstić information content (AvgIpc) is 3.22. The second-order valence-corrected chi connectivity index (χ2v) is 7.55. The van der Waals surface area contributed by atoms with Gasteiger partial charge in [0.15, 0.2) is 5.78 Å². The molecule has 1 heterocycles. The highest BCUT2D eigenvalue weighted by Crippen LogP contribution is 2.40. The fourth-order valence-corrected chi connectivity index (χ4v) is 4.16. The molecule has 4 nitrogen and oxygen atoms in total. The quantitative estimate of drug-likeness (QED) is 0.470. The van der Waals surface area contributed by atoms with E-state index < -0.39 is 6.04 Å². The number of rotatable bonds is 4. The van der Waals surface area contributed by atoms with Crippen molar-refractivity contribution < 1.29 is 4.79 Å². The Kier molecular flexibility index (Phi) is 4.81. The van der Waals surface area contributed by atoms with Gasteiger partial charge in [0, 0.05) is 5.92 Å². The molecular formula is C26H21N3O. The maximum absolute atomic E-state index is 13.3. The number of benzene rings is 3. The van der Waals surface area contributed by atoms with E-state index in [1.54, 1.807) is 10.8 Å². The molecule has 2 unspecified atom stereocenters. The molecule has 0 N–H and O–H groups in total. The first kappa shape index (κ1) is 18.3. The second-order valence-electron chi connectivity index (χ2n) is 7.55. The van der Waals surface area contributed by atoms with Crippen LogP contribution in [0.5, 0.6) is 0 Å². The van der Waals surface area contributed by atoms with Gasteiger partial charge in [-0.1, -0.05) is 90.2 Å². The maximum Gasteiger partial charge on any atom is 0.181 e. The van der Waals surface area contributed by atoms with Gasteiger partial charge in [0.2, 0.25) is 0 Å². The summed E-state index contributed by atoms with van der Waals surface area (Å²) in [6, 6.07) is 27.7. The number of carbonyl (C=O) groups is 1. The molecule has 2 atom stereocenters. The number of hydrogen-bond acceptors (Lipinski definition) is 3. The second kappa shape index (κ2) is 7.91. The highest BCUT2D eigenvalue weighted by Gasteiger charge is 2.35. The van der Waals surface area contributed by atoms with Crippen LogP contribution in [-0.4, -0.2) is 20.8 Å². The van der Waals surface area contributed by atoms with E-state index in [4.69, 9.17) is 0 Å². The largest absolute Gasteiger partial charge is 0.292 e. The van der Waals surface area contributed by atoms with E-state index in [2.05, 4.69) is 46.7 Å². The average molecular weight is 391 g/mol. The van der Waals surface area contributed by atoms with Gasteiger partial charge in [0.25, 0.3) is 0 Å². The van der Waals surface area contributed by atoms with Crippen molar-refractivity contribution in [1.82, 2.24) is 15.0 Å². The summed E-state index contributed by atoms with van der Waals surface area (Å²) in [4.78, 5) is 13.3. The predicted octanol–water partition coefficient (Wildman–Crippen LogP) is 5.37. The van der Waals surface area contributed by atoms with E-state index >= 15 is 0 Å². The number of hydrogen-bond donors (Lipinski definition) is 0. The highest BCUT2D eigenvalue weighted by molar-refractivity contribution is 5.97. The molecule has 1 aliphatic rings. The number of fused-ring (bicyclic) bond motifs is 1. The molecule has 0 saturated heterocycles. The van der Waals surface area contributed by atoms with Crippen LogP contribution in [0.25, 0.3) is 17.1 Å². The lowest BCUT2D eigenvalue weighted by Crippen LogP contribution is -2.29.